The fourth-order valence-electron chi connectivity index (χ4n) is 1.71. The predicted octanol–water partition coefficient (Wildman–Crippen LogP) is -1.24. The Morgan fingerprint density at radius 2 is 2.29 bits per heavy atom. The zero-order valence-electron chi connectivity index (χ0n) is 10.1. The third-order valence-electron chi connectivity index (χ3n) is 2.48. The highest BCUT2D eigenvalue weighted by molar-refractivity contribution is 5.82. The molecule has 1 atom stereocenters. The third-order valence-corrected chi connectivity index (χ3v) is 2.48. The van der Waals surface area contributed by atoms with Crippen LogP contribution in [-0.4, -0.2) is 54.2 Å². The van der Waals surface area contributed by atoms with E-state index in [1.807, 2.05) is 19.0 Å². The standard InChI is InChI=1S/C10H17N5O2/c1-15(2)6-8-13-9(17-14-8)5-7-10(16)12-4-3-11-7/h7,11H,3-6H2,1-2H3,(H,12,16). The van der Waals surface area contributed by atoms with Gasteiger partial charge < -0.3 is 20.1 Å². The number of nitrogens with one attached hydrogen (secondary N) is 2. The Morgan fingerprint density at radius 3 is 3.00 bits per heavy atom. The molecule has 1 aliphatic rings. The molecule has 1 aliphatic heterocycles. The van der Waals surface area contributed by atoms with E-state index in [1.54, 1.807) is 0 Å². The van der Waals surface area contributed by atoms with Crippen molar-refractivity contribution in [2.75, 3.05) is 27.2 Å². The maximum absolute atomic E-state index is 11.5. The van der Waals surface area contributed by atoms with E-state index in [0.29, 0.717) is 31.2 Å². The van der Waals surface area contributed by atoms with E-state index in [-0.39, 0.29) is 11.9 Å². The second-order valence-corrected chi connectivity index (χ2v) is 4.34. The Balaban J connectivity index is 1.93. The molecule has 1 saturated heterocycles. The Hall–Kier alpha value is -1.47. The molecule has 0 spiro atoms. The smallest absolute Gasteiger partial charge is 0.237 e. The summed E-state index contributed by atoms with van der Waals surface area (Å²) in [4.78, 5) is 17.7. The van der Waals surface area contributed by atoms with E-state index < -0.39 is 0 Å². The monoisotopic (exact) mass is 239 g/mol. The summed E-state index contributed by atoms with van der Waals surface area (Å²) in [5, 5.41) is 9.77. The van der Waals surface area contributed by atoms with Gasteiger partial charge in [0.1, 0.15) is 0 Å². The lowest BCUT2D eigenvalue weighted by Crippen LogP contribution is -2.53. The van der Waals surface area contributed by atoms with Gasteiger partial charge in [0.05, 0.1) is 19.0 Å². The second-order valence-electron chi connectivity index (χ2n) is 4.34. The van der Waals surface area contributed by atoms with Gasteiger partial charge in [-0.15, -0.1) is 0 Å². The summed E-state index contributed by atoms with van der Waals surface area (Å²) in [6, 6.07) is -0.267. The first-order valence-corrected chi connectivity index (χ1v) is 5.62. The third kappa shape index (κ3) is 3.24. The van der Waals surface area contributed by atoms with Gasteiger partial charge in [0.25, 0.3) is 0 Å². The van der Waals surface area contributed by atoms with Gasteiger partial charge in [-0.2, -0.15) is 4.98 Å². The summed E-state index contributed by atoms with van der Waals surface area (Å²) in [6.07, 6.45) is 0.437. The predicted molar refractivity (Wildman–Crippen MR) is 60.2 cm³/mol. The van der Waals surface area contributed by atoms with Crippen molar-refractivity contribution >= 4 is 5.91 Å². The van der Waals surface area contributed by atoms with E-state index in [0.717, 1.165) is 6.54 Å². The number of nitrogens with zero attached hydrogens (tertiary/aromatic N) is 3. The van der Waals surface area contributed by atoms with E-state index >= 15 is 0 Å². The van der Waals surface area contributed by atoms with Crippen LogP contribution in [0.5, 0.6) is 0 Å². The topological polar surface area (TPSA) is 83.3 Å². The average Bonchev–Trinajstić information content (AvgIpc) is 2.68. The molecule has 0 bridgehead atoms. The lowest BCUT2D eigenvalue weighted by Gasteiger charge is -2.21. The van der Waals surface area contributed by atoms with Gasteiger partial charge in [0.2, 0.25) is 11.8 Å². The van der Waals surface area contributed by atoms with Crippen LogP contribution in [0.3, 0.4) is 0 Å². The summed E-state index contributed by atoms with van der Waals surface area (Å²) in [7, 11) is 3.87. The molecule has 2 rings (SSSR count). The molecular formula is C10H17N5O2. The normalized spacial score (nSPS) is 20.6. The first-order valence-electron chi connectivity index (χ1n) is 5.62. The summed E-state index contributed by atoms with van der Waals surface area (Å²) in [5.74, 6) is 1.13. The lowest BCUT2D eigenvalue weighted by molar-refractivity contribution is -0.124. The number of hydrogen-bond acceptors (Lipinski definition) is 6. The molecule has 0 aliphatic carbocycles. The zero-order chi connectivity index (χ0) is 12.3. The minimum atomic E-state index is -0.267. The van der Waals surface area contributed by atoms with Crippen LogP contribution >= 0.6 is 0 Å². The van der Waals surface area contributed by atoms with E-state index in [9.17, 15) is 4.79 Å². The maximum Gasteiger partial charge on any atom is 0.237 e. The van der Waals surface area contributed by atoms with E-state index in [2.05, 4.69) is 20.8 Å². The number of aromatic nitrogens is 2. The highest BCUT2D eigenvalue weighted by Gasteiger charge is 2.24. The van der Waals surface area contributed by atoms with Gasteiger partial charge in [-0.25, -0.2) is 0 Å². The fraction of sp³-hybridized carbons (Fsp3) is 0.700. The molecule has 1 aromatic rings. The highest BCUT2D eigenvalue weighted by Crippen LogP contribution is 2.04. The molecule has 2 heterocycles. The molecule has 1 aromatic heterocycles. The quantitative estimate of drug-likeness (QED) is 0.684. The number of hydrogen-bond donors (Lipinski definition) is 2. The molecule has 1 unspecified atom stereocenters. The maximum atomic E-state index is 11.5. The van der Waals surface area contributed by atoms with Crippen molar-refractivity contribution in [3.05, 3.63) is 11.7 Å². The van der Waals surface area contributed by atoms with Gasteiger partial charge in [0, 0.05) is 13.1 Å². The summed E-state index contributed by atoms with van der Waals surface area (Å²) in [5.41, 5.74) is 0. The van der Waals surface area contributed by atoms with Crippen molar-refractivity contribution in [2.45, 2.75) is 19.0 Å². The van der Waals surface area contributed by atoms with Crippen LogP contribution < -0.4 is 10.6 Å². The van der Waals surface area contributed by atoms with Crippen LogP contribution in [0.1, 0.15) is 11.7 Å². The Morgan fingerprint density at radius 1 is 1.47 bits per heavy atom. The van der Waals surface area contributed by atoms with Gasteiger partial charge in [-0.3, -0.25) is 4.79 Å². The fourth-order valence-corrected chi connectivity index (χ4v) is 1.71. The van der Waals surface area contributed by atoms with Crippen LogP contribution in [0, 0.1) is 0 Å². The average molecular weight is 239 g/mol. The first kappa shape index (κ1) is 12.0. The first-order chi connectivity index (χ1) is 8.15. The van der Waals surface area contributed by atoms with Gasteiger partial charge in [-0.1, -0.05) is 5.16 Å². The Labute approximate surface area is 99.6 Å². The van der Waals surface area contributed by atoms with Crippen molar-refractivity contribution in [1.82, 2.24) is 25.7 Å². The number of amides is 1. The zero-order valence-corrected chi connectivity index (χ0v) is 10.1. The van der Waals surface area contributed by atoms with Gasteiger partial charge in [0.15, 0.2) is 5.82 Å². The summed E-state index contributed by atoms with van der Waals surface area (Å²) < 4.78 is 5.11. The van der Waals surface area contributed by atoms with Crippen LogP contribution in [-0.2, 0) is 17.8 Å². The van der Waals surface area contributed by atoms with Crippen LogP contribution in [0.2, 0.25) is 0 Å². The molecule has 1 amide bonds. The van der Waals surface area contributed by atoms with Crippen molar-refractivity contribution in [3.63, 3.8) is 0 Å². The van der Waals surface area contributed by atoms with Crippen molar-refractivity contribution in [3.8, 4) is 0 Å². The lowest BCUT2D eigenvalue weighted by atomic mass is 10.1. The number of piperazine rings is 1. The van der Waals surface area contributed by atoms with Crippen LogP contribution in [0.15, 0.2) is 4.52 Å². The molecule has 17 heavy (non-hydrogen) atoms. The van der Waals surface area contributed by atoms with Gasteiger partial charge >= 0.3 is 0 Å². The Bertz CT molecular complexity index is 390. The molecule has 0 saturated carbocycles. The van der Waals surface area contributed by atoms with Crippen LogP contribution in [0.25, 0.3) is 0 Å². The second kappa shape index (κ2) is 5.24. The molecule has 7 heteroatoms. The molecule has 94 valence electrons. The molecule has 0 radical (unpaired) electrons. The Kier molecular flexibility index (Phi) is 3.70. The minimum absolute atomic E-state index is 0.0105. The number of carbonyl (C=O) groups excluding carboxylic acids is 1. The molecule has 7 nitrogen and oxygen atoms in total. The van der Waals surface area contributed by atoms with Crippen molar-refractivity contribution in [1.29, 1.82) is 0 Å². The molecule has 2 N–H and O–H groups in total. The number of carbonyl (C=O) groups is 1. The minimum Gasteiger partial charge on any atom is -0.353 e. The van der Waals surface area contributed by atoms with Crippen molar-refractivity contribution < 1.29 is 9.32 Å². The van der Waals surface area contributed by atoms with Gasteiger partial charge in [-0.05, 0) is 14.1 Å². The highest BCUT2D eigenvalue weighted by atomic mass is 16.5. The molecule has 0 aromatic carbocycles. The van der Waals surface area contributed by atoms with Crippen LogP contribution in [0.4, 0.5) is 0 Å². The largest absolute Gasteiger partial charge is 0.353 e. The summed E-state index contributed by atoms with van der Waals surface area (Å²) >= 11 is 0. The van der Waals surface area contributed by atoms with E-state index in [1.165, 1.54) is 0 Å². The summed E-state index contributed by atoms with van der Waals surface area (Å²) in [6.45, 7) is 2.08. The molecule has 1 fully saturated rings. The molecular weight excluding hydrogens is 222 g/mol. The number of rotatable bonds is 4. The van der Waals surface area contributed by atoms with Crippen molar-refractivity contribution in [2.24, 2.45) is 0 Å². The van der Waals surface area contributed by atoms with E-state index in [4.69, 9.17) is 4.52 Å². The SMILES string of the molecule is CN(C)Cc1noc(CC2NCCNC2=O)n1.